The zero-order chi connectivity index (χ0) is 19.1. The molecule has 0 spiro atoms. The first-order valence-corrected chi connectivity index (χ1v) is 8.43. The first kappa shape index (κ1) is 19.4. The molecule has 2 rings (SSSR count). The second kappa shape index (κ2) is 8.99. The number of nitrogens with zero attached hydrogens (tertiary/aromatic N) is 2. The smallest absolute Gasteiger partial charge is 0.377 e. The maximum atomic E-state index is 11.8. The molecule has 6 nitrogen and oxygen atoms in total. The molecule has 2 aromatic rings. The molecule has 0 saturated carbocycles. The lowest BCUT2D eigenvalue weighted by Gasteiger charge is -2.13. The molecule has 0 bridgehead atoms. The van der Waals surface area contributed by atoms with Gasteiger partial charge in [-0.05, 0) is 37.0 Å². The van der Waals surface area contributed by atoms with Crippen molar-refractivity contribution in [1.82, 2.24) is 9.97 Å². The van der Waals surface area contributed by atoms with Gasteiger partial charge in [-0.3, -0.25) is 0 Å². The summed E-state index contributed by atoms with van der Waals surface area (Å²) in [5.41, 5.74) is 2.66. The van der Waals surface area contributed by atoms with Crippen molar-refractivity contribution in [3.05, 3.63) is 53.7 Å². The van der Waals surface area contributed by atoms with E-state index in [9.17, 15) is 4.79 Å². The van der Waals surface area contributed by atoms with Crippen LogP contribution in [0.5, 0.6) is 5.75 Å². The summed E-state index contributed by atoms with van der Waals surface area (Å²) in [5.74, 6) is 0.821. The summed E-state index contributed by atoms with van der Waals surface area (Å²) < 4.78 is 15.3. The lowest BCUT2D eigenvalue weighted by atomic mass is 10.0. The molecule has 1 aromatic carbocycles. The van der Waals surface area contributed by atoms with E-state index in [1.807, 2.05) is 25.1 Å². The predicted octanol–water partition coefficient (Wildman–Crippen LogP) is 4.01. The number of carbonyl (C=O) groups excluding carboxylic acids is 1. The highest BCUT2D eigenvalue weighted by molar-refractivity contribution is 5.86. The Kier molecular flexibility index (Phi) is 6.72. The highest BCUT2D eigenvalue weighted by Crippen LogP contribution is 2.27. The minimum atomic E-state index is -0.619. The number of hydrogen-bond donors (Lipinski definition) is 0. The summed E-state index contributed by atoms with van der Waals surface area (Å²) in [6.45, 7) is 6.14. The van der Waals surface area contributed by atoms with Crippen LogP contribution in [-0.2, 0) is 14.3 Å². The highest BCUT2D eigenvalue weighted by atomic mass is 16.6. The summed E-state index contributed by atoms with van der Waals surface area (Å²) >= 11 is 0. The number of aromatic nitrogens is 2. The van der Waals surface area contributed by atoms with Crippen molar-refractivity contribution in [3.63, 3.8) is 0 Å². The Hall–Kier alpha value is -2.89. The Morgan fingerprint density at radius 3 is 2.69 bits per heavy atom. The van der Waals surface area contributed by atoms with Crippen LogP contribution in [0.4, 0.5) is 0 Å². The number of ether oxygens (including phenoxy) is 3. The summed E-state index contributed by atoms with van der Waals surface area (Å²) in [6.07, 6.45) is 3.97. The first-order valence-electron chi connectivity index (χ1n) is 8.43. The summed E-state index contributed by atoms with van der Waals surface area (Å²) in [5, 5.41) is 0. The van der Waals surface area contributed by atoms with Gasteiger partial charge in [0, 0.05) is 17.5 Å². The molecular weight excluding hydrogens is 332 g/mol. The Labute approximate surface area is 153 Å². The maximum Gasteiger partial charge on any atom is 0.377 e. The largest absolute Gasteiger partial charge is 0.500 e. The molecule has 6 heteroatoms. The van der Waals surface area contributed by atoms with E-state index in [1.165, 1.54) is 20.5 Å². The minimum Gasteiger partial charge on any atom is -0.500 e. The van der Waals surface area contributed by atoms with Gasteiger partial charge in [0.05, 0.1) is 14.2 Å². The third kappa shape index (κ3) is 4.59. The molecule has 1 unspecified atom stereocenters. The van der Waals surface area contributed by atoms with Gasteiger partial charge in [-0.1, -0.05) is 26.0 Å². The molecule has 1 heterocycles. The Morgan fingerprint density at radius 1 is 1.27 bits per heavy atom. The fourth-order valence-electron chi connectivity index (χ4n) is 2.28. The first-order chi connectivity index (χ1) is 12.5. The van der Waals surface area contributed by atoms with Crippen molar-refractivity contribution < 1.29 is 19.0 Å². The number of benzene rings is 1. The fourth-order valence-corrected chi connectivity index (χ4v) is 2.28. The number of aryl methyl sites for hydroxylation is 1. The van der Waals surface area contributed by atoms with Crippen molar-refractivity contribution in [1.29, 1.82) is 0 Å². The zero-order valence-corrected chi connectivity index (χ0v) is 15.8. The van der Waals surface area contributed by atoms with Crippen LogP contribution in [0.1, 0.15) is 37.4 Å². The fraction of sp³-hybridized carbons (Fsp3) is 0.350. The van der Waals surface area contributed by atoms with Gasteiger partial charge in [-0.15, -0.1) is 0 Å². The van der Waals surface area contributed by atoms with Gasteiger partial charge in [0.1, 0.15) is 12.0 Å². The molecule has 1 aromatic heterocycles. The van der Waals surface area contributed by atoms with Crippen molar-refractivity contribution in [2.24, 2.45) is 0 Å². The van der Waals surface area contributed by atoms with E-state index >= 15 is 0 Å². The van der Waals surface area contributed by atoms with E-state index in [0.29, 0.717) is 17.5 Å². The summed E-state index contributed by atoms with van der Waals surface area (Å²) in [4.78, 5) is 20.8. The van der Waals surface area contributed by atoms with Crippen molar-refractivity contribution in [2.45, 2.75) is 33.1 Å². The van der Waals surface area contributed by atoms with Gasteiger partial charge in [-0.25, -0.2) is 14.8 Å². The van der Waals surface area contributed by atoms with E-state index in [0.717, 1.165) is 23.2 Å². The van der Waals surface area contributed by atoms with E-state index in [2.05, 4.69) is 23.8 Å². The molecule has 0 fully saturated rings. The third-order valence-electron chi connectivity index (χ3n) is 4.07. The van der Waals surface area contributed by atoms with E-state index in [1.54, 1.807) is 12.3 Å². The molecule has 26 heavy (non-hydrogen) atoms. The Balaban J connectivity index is 2.38. The van der Waals surface area contributed by atoms with Crippen molar-refractivity contribution in [2.75, 3.05) is 14.2 Å². The summed E-state index contributed by atoms with van der Waals surface area (Å²) in [7, 11) is 2.72. The number of methoxy groups -OCH3 is 2. The number of rotatable bonds is 7. The molecule has 0 aliphatic rings. The van der Waals surface area contributed by atoms with Gasteiger partial charge >= 0.3 is 5.97 Å². The zero-order valence-electron chi connectivity index (χ0n) is 15.8. The van der Waals surface area contributed by atoms with Crippen LogP contribution in [0.25, 0.3) is 11.4 Å². The quantitative estimate of drug-likeness (QED) is 0.424. The molecule has 138 valence electrons. The highest BCUT2D eigenvalue weighted by Gasteiger charge is 2.16. The minimum absolute atomic E-state index is 0.0375. The molecular formula is C20H24N2O4. The van der Waals surface area contributed by atoms with Crippen LogP contribution in [0, 0.1) is 6.92 Å². The average Bonchev–Trinajstić information content (AvgIpc) is 2.67. The summed E-state index contributed by atoms with van der Waals surface area (Å²) in [6, 6.07) is 7.55. The molecule has 0 aliphatic carbocycles. The maximum absolute atomic E-state index is 11.8. The number of esters is 1. The lowest BCUT2D eigenvalue weighted by molar-refractivity contribution is -0.138. The number of hydrogen-bond acceptors (Lipinski definition) is 6. The topological polar surface area (TPSA) is 70.5 Å². The van der Waals surface area contributed by atoms with Gasteiger partial charge in [0.25, 0.3) is 0 Å². The van der Waals surface area contributed by atoms with E-state index in [4.69, 9.17) is 14.2 Å². The van der Waals surface area contributed by atoms with Crippen molar-refractivity contribution in [3.8, 4) is 17.1 Å². The van der Waals surface area contributed by atoms with Crippen LogP contribution in [0.15, 0.2) is 42.5 Å². The lowest BCUT2D eigenvalue weighted by Crippen LogP contribution is -2.11. The van der Waals surface area contributed by atoms with Gasteiger partial charge < -0.3 is 14.2 Å². The SMILES string of the molecule is CCC(C)c1ccnc(-c2ccc(C)c(OC(=COC)C(=O)OC)c2)n1. The second-order valence-electron chi connectivity index (χ2n) is 5.91. The molecule has 0 radical (unpaired) electrons. The molecule has 0 aliphatic heterocycles. The third-order valence-corrected chi connectivity index (χ3v) is 4.07. The van der Waals surface area contributed by atoms with Gasteiger partial charge in [0.2, 0.25) is 5.76 Å². The van der Waals surface area contributed by atoms with Gasteiger partial charge in [-0.2, -0.15) is 0 Å². The molecule has 1 atom stereocenters. The predicted molar refractivity (Wildman–Crippen MR) is 98.6 cm³/mol. The standard InChI is InChI=1S/C20H24N2O4/c1-6-13(2)16-9-10-21-19(22-16)15-8-7-14(3)17(11-15)26-18(12-24-4)20(23)25-5/h7-13H,6H2,1-5H3. The molecule has 0 N–H and O–H groups in total. The van der Waals surface area contributed by atoms with Gasteiger partial charge in [0.15, 0.2) is 5.82 Å². The Morgan fingerprint density at radius 2 is 2.04 bits per heavy atom. The molecule has 0 amide bonds. The number of carbonyl (C=O) groups is 1. The van der Waals surface area contributed by atoms with Crippen LogP contribution in [0.2, 0.25) is 0 Å². The Bertz CT molecular complexity index is 802. The monoisotopic (exact) mass is 356 g/mol. The normalized spacial score (nSPS) is 12.4. The van der Waals surface area contributed by atoms with Crippen LogP contribution >= 0.6 is 0 Å². The van der Waals surface area contributed by atoms with E-state index < -0.39 is 5.97 Å². The van der Waals surface area contributed by atoms with Crippen LogP contribution < -0.4 is 4.74 Å². The molecule has 0 saturated heterocycles. The average molecular weight is 356 g/mol. The van der Waals surface area contributed by atoms with E-state index in [-0.39, 0.29) is 5.76 Å². The van der Waals surface area contributed by atoms with Crippen LogP contribution in [-0.4, -0.2) is 30.2 Å². The van der Waals surface area contributed by atoms with Crippen molar-refractivity contribution >= 4 is 5.97 Å². The second-order valence-corrected chi connectivity index (χ2v) is 5.91. The van der Waals surface area contributed by atoms with Crippen LogP contribution in [0.3, 0.4) is 0 Å².